The van der Waals surface area contributed by atoms with Crippen LogP contribution in [-0.2, 0) is 4.74 Å². The molecule has 43 heavy (non-hydrogen) atoms. The molecule has 3 aromatic rings. The van der Waals surface area contributed by atoms with E-state index in [9.17, 15) is 31.5 Å². The lowest BCUT2D eigenvalue weighted by Crippen LogP contribution is -2.58. The van der Waals surface area contributed by atoms with Gasteiger partial charge in [0.25, 0.3) is 11.8 Å². The van der Waals surface area contributed by atoms with Crippen molar-refractivity contribution in [3.63, 3.8) is 0 Å². The number of aromatic nitrogens is 5. The van der Waals surface area contributed by atoms with Crippen LogP contribution in [0, 0.1) is 5.92 Å². The van der Waals surface area contributed by atoms with Gasteiger partial charge in [0.15, 0.2) is 11.8 Å². The minimum Gasteiger partial charge on any atom is -0.364 e. The first-order valence-corrected chi connectivity index (χ1v) is 14.0. The Kier molecular flexibility index (Phi) is 8.09. The summed E-state index contributed by atoms with van der Waals surface area (Å²) >= 11 is 0. The number of alkyl halides is 5. The summed E-state index contributed by atoms with van der Waals surface area (Å²) in [6, 6.07) is 2.05. The van der Waals surface area contributed by atoms with Crippen molar-refractivity contribution in [2.45, 2.75) is 83.0 Å². The maximum atomic E-state index is 14.2. The van der Waals surface area contributed by atoms with Crippen LogP contribution in [0.4, 0.5) is 26.7 Å². The zero-order valence-electron chi connectivity index (χ0n) is 24.0. The second-order valence-corrected chi connectivity index (χ2v) is 11.4. The minimum absolute atomic E-state index is 0.0573. The third-order valence-corrected chi connectivity index (χ3v) is 7.58. The highest BCUT2D eigenvalue weighted by Crippen LogP contribution is 2.45. The molecule has 0 aromatic carbocycles. The average molecular weight is 613 g/mol. The summed E-state index contributed by atoms with van der Waals surface area (Å²) in [4.78, 5) is 39.0. The van der Waals surface area contributed by atoms with Crippen molar-refractivity contribution >= 4 is 23.1 Å². The van der Waals surface area contributed by atoms with Crippen LogP contribution in [0.15, 0.2) is 24.4 Å². The first kappa shape index (κ1) is 30.6. The highest BCUT2D eigenvalue weighted by atomic mass is 19.4. The number of amides is 3. The SMILES string of the molecule is CC(C)n1nccc1C(=O)N[C@H](c1nc2nc([C@@H](C3CC3)N3CC(F)(F)CNC3=O)ccc2[nH]1)[C@@H](C)O[C@H](C)C(F)(F)F. The highest BCUT2D eigenvalue weighted by molar-refractivity contribution is 5.92. The number of nitrogens with one attached hydrogen (secondary N) is 3. The fraction of sp³-hybridized carbons (Fsp3) is 0.593. The van der Waals surface area contributed by atoms with E-state index in [1.54, 1.807) is 12.1 Å². The zero-order valence-corrected chi connectivity index (χ0v) is 24.0. The van der Waals surface area contributed by atoms with Crippen LogP contribution >= 0.6 is 0 Å². The lowest BCUT2D eigenvalue weighted by atomic mass is 10.0. The van der Waals surface area contributed by atoms with E-state index in [0.29, 0.717) is 11.2 Å². The Balaban J connectivity index is 1.48. The van der Waals surface area contributed by atoms with Gasteiger partial charge in [0.2, 0.25) is 0 Å². The summed E-state index contributed by atoms with van der Waals surface area (Å²) in [7, 11) is 0. The normalized spacial score (nSPS) is 20.1. The standard InChI is InChI=1S/C27H33F5N8O3/c1-13(2)40-19(9-10-34-40)24(41)37-20(14(3)43-15(4)27(30,31)32)23-36-18-8-7-17(35-22(18)38-23)21(16-5-6-16)39-12-26(28,29)11-33-25(39)42/h7-10,13-16,20-21H,5-6,11-12H2,1-4H3,(H,33,42)(H,37,41)(H,35,36,38)/t14-,15-,20+,21-/m1/s1. The van der Waals surface area contributed by atoms with Crippen LogP contribution < -0.4 is 10.6 Å². The van der Waals surface area contributed by atoms with Gasteiger partial charge in [-0.1, -0.05) is 0 Å². The molecule has 3 N–H and O–H groups in total. The predicted molar refractivity (Wildman–Crippen MR) is 143 cm³/mol. The summed E-state index contributed by atoms with van der Waals surface area (Å²) in [6.45, 7) is 4.41. The second-order valence-electron chi connectivity index (χ2n) is 11.4. The van der Waals surface area contributed by atoms with Crippen LogP contribution in [0.25, 0.3) is 11.2 Å². The number of pyridine rings is 1. The maximum Gasteiger partial charge on any atom is 0.414 e. The molecule has 4 heterocycles. The number of urea groups is 1. The van der Waals surface area contributed by atoms with Gasteiger partial charge in [0.1, 0.15) is 17.6 Å². The van der Waals surface area contributed by atoms with E-state index in [-0.39, 0.29) is 29.1 Å². The van der Waals surface area contributed by atoms with Gasteiger partial charge < -0.3 is 25.3 Å². The Morgan fingerprint density at radius 3 is 2.51 bits per heavy atom. The number of hydrogen-bond acceptors (Lipinski definition) is 6. The molecular formula is C27H33F5N8O3. The number of halogens is 5. The zero-order chi connectivity index (χ0) is 31.3. The molecule has 1 saturated carbocycles. The summed E-state index contributed by atoms with van der Waals surface area (Å²) < 4.78 is 75.3. The highest BCUT2D eigenvalue weighted by Gasteiger charge is 2.47. The Morgan fingerprint density at radius 2 is 1.86 bits per heavy atom. The van der Waals surface area contributed by atoms with Gasteiger partial charge in [-0.15, -0.1) is 0 Å². The molecule has 5 rings (SSSR count). The second kappa shape index (κ2) is 11.4. The van der Waals surface area contributed by atoms with E-state index in [2.05, 4.69) is 30.7 Å². The largest absolute Gasteiger partial charge is 0.414 e. The van der Waals surface area contributed by atoms with Gasteiger partial charge in [0.05, 0.1) is 36.4 Å². The Labute approximate surface area is 243 Å². The van der Waals surface area contributed by atoms with Crippen molar-refractivity contribution in [1.29, 1.82) is 0 Å². The molecule has 16 heteroatoms. The van der Waals surface area contributed by atoms with Gasteiger partial charge in [-0.25, -0.2) is 23.5 Å². The molecule has 0 bridgehead atoms. The molecule has 1 aliphatic carbocycles. The van der Waals surface area contributed by atoms with Crippen molar-refractivity contribution in [3.05, 3.63) is 41.6 Å². The van der Waals surface area contributed by atoms with E-state index < -0.39 is 61.4 Å². The van der Waals surface area contributed by atoms with Gasteiger partial charge >= 0.3 is 12.2 Å². The Hall–Kier alpha value is -3.82. The summed E-state index contributed by atoms with van der Waals surface area (Å²) in [6.07, 6.45) is -5.06. The predicted octanol–water partition coefficient (Wildman–Crippen LogP) is 4.67. The molecule has 1 saturated heterocycles. The molecule has 3 aromatic heterocycles. The first-order valence-electron chi connectivity index (χ1n) is 14.0. The molecule has 234 valence electrons. The van der Waals surface area contributed by atoms with Crippen LogP contribution in [-0.4, -0.2) is 79.0 Å². The fourth-order valence-corrected chi connectivity index (χ4v) is 5.22. The molecule has 0 spiro atoms. The van der Waals surface area contributed by atoms with Crippen molar-refractivity contribution in [1.82, 2.24) is 40.3 Å². The third-order valence-electron chi connectivity index (χ3n) is 7.58. The molecule has 4 atom stereocenters. The van der Waals surface area contributed by atoms with E-state index >= 15 is 0 Å². The van der Waals surface area contributed by atoms with Gasteiger partial charge in [-0.2, -0.15) is 18.3 Å². The van der Waals surface area contributed by atoms with Gasteiger partial charge in [-0.05, 0) is 64.7 Å². The van der Waals surface area contributed by atoms with Crippen molar-refractivity contribution in [2.24, 2.45) is 5.92 Å². The molecule has 2 aliphatic rings. The van der Waals surface area contributed by atoms with Crippen LogP contribution in [0.5, 0.6) is 0 Å². The maximum absolute atomic E-state index is 14.2. The van der Waals surface area contributed by atoms with Gasteiger partial charge in [-0.3, -0.25) is 9.48 Å². The number of carbonyl (C=O) groups excluding carboxylic acids is 2. The minimum atomic E-state index is -4.64. The number of carbonyl (C=O) groups is 2. The number of rotatable bonds is 10. The lowest BCUT2D eigenvalue weighted by Gasteiger charge is -2.38. The molecular weight excluding hydrogens is 579 g/mol. The Morgan fingerprint density at radius 1 is 1.14 bits per heavy atom. The topological polar surface area (TPSA) is 130 Å². The third kappa shape index (κ3) is 6.58. The number of nitrogens with zero attached hydrogens (tertiary/aromatic N) is 5. The smallest absolute Gasteiger partial charge is 0.364 e. The lowest BCUT2D eigenvalue weighted by molar-refractivity contribution is -0.227. The summed E-state index contributed by atoms with van der Waals surface area (Å²) in [5.41, 5.74) is 1.09. The number of aromatic amines is 1. The van der Waals surface area contributed by atoms with E-state index in [1.807, 2.05) is 13.8 Å². The molecule has 2 fully saturated rings. The summed E-state index contributed by atoms with van der Waals surface area (Å²) in [5.74, 6) is -3.69. The van der Waals surface area contributed by atoms with Crippen molar-refractivity contribution in [3.8, 4) is 0 Å². The van der Waals surface area contributed by atoms with Crippen molar-refractivity contribution in [2.75, 3.05) is 13.1 Å². The molecule has 3 amide bonds. The van der Waals surface area contributed by atoms with Crippen LogP contribution in [0.1, 0.15) is 80.7 Å². The number of hydrogen-bond donors (Lipinski definition) is 3. The summed E-state index contributed by atoms with van der Waals surface area (Å²) in [5, 5.41) is 9.10. The fourth-order valence-electron chi connectivity index (χ4n) is 5.22. The number of imidazole rings is 1. The number of ether oxygens (including phenoxy) is 1. The number of fused-ring (bicyclic) bond motifs is 1. The van der Waals surface area contributed by atoms with Crippen LogP contribution in [0.2, 0.25) is 0 Å². The monoisotopic (exact) mass is 612 g/mol. The quantitative estimate of drug-likeness (QED) is 0.285. The molecule has 0 radical (unpaired) electrons. The number of H-pyrrole nitrogens is 1. The van der Waals surface area contributed by atoms with Crippen LogP contribution in [0.3, 0.4) is 0 Å². The van der Waals surface area contributed by atoms with E-state index in [1.165, 1.54) is 23.9 Å². The average Bonchev–Trinajstić information content (AvgIpc) is 3.45. The first-order chi connectivity index (χ1) is 20.1. The molecule has 1 aliphatic heterocycles. The van der Waals surface area contributed by atoms with E-state index in [4.69, 9.17) is 4.74 Å². The van der Waals surface area contributed by atoms with Gasteiger partial charge in [0, 0.05) is 12.2 Å². The van der Waals surface area contributed by atoms with Crippen molar-refractivity contribution < 1.29 is 36.3 Å². The molecule has 11 nitrogen and oxygen atoms in total. The molecule has 0 unspecified atom stereocenters. The van der Waals surface area contributed by atoms with E-state index in [0.717, 1.165) is 24.7 Å². The Bertz CT molecular complexity index is 1480.